The van der Waals surface area contributed by atoms with Crippen LogP contribution in [0.2, 0.25) is 0 Å². The Morgan fingerprint density at radius 2 is 1.81 bits per heavy atom. The van der Waals surface area contributed by atoms with Crippen molar-refractivity contribution >= 4 is 0 Å². The summed E-state index contributed by atoms with van der Waals surface area (Å²) in [6.45, 7) is 0.933. The van der Waals surface area contributed by atoms with E-state index in [1.54, 1.807) is 13.3 Å². The van der Waals surface area contributed by atoms with Gasteiger partial charge in [-0.2, -0.15) is 4.98 Å². The fourth-order valence-corrected chi connectivity index (χ4v) is 4.51. The predicted octanol–water partition coefficient (Wildman–Crippen LogP) is 2.51. The molecule has 0 spiro atoms. The van der Waals surface area contributed by atoms with E-state index in [2.05, 4.69) is 39.1 Å². The average molecular weight is 355 g/mol. The molecule has 1 N–H and O–H groups in total. The maximum atomic E-state index is 11.5. The number of ether oxygens (including phenoxy) is 2. The Hall–Kier alpha value is -2.18. The Morgan fingerprint density at radius 1 is 1.12 bits per heavy atom. The predicted molar refractivity (Wildman–Crippen MR) is 97.1 cm³/mol. The minimum absolute atomic E-state index is 0.249. The van der Waals surface area contributed by atoms with E-state index in [0.717, 1.165) is 19.4 Å². The lowest BCUT2D eigenvalue weighted by Gasteiger charge is -2.44. The molecule has 1 unspecified atom stereocenters. The number of aromatic nitrogens is 2. The molecule has 1 aromatic heterocycles. The largest absolute Gasteiger partial charge is 0.481 e. The lowest BCUT2D eigenvalue weighted by molar-refractivity contribution is -0.0612. The molecule has 0 saturated carbocycles. The number of methoxy groups -OCH3 is 2. The van der Waals surface area contributed by atoms with Crippen LogP contribution in [0.4, 0.5) is 0 Å². The molecule has 138 valence electrons. The Morgan fingerprint density at radius 3 is 2.42 bits per heavy atom. The zero-order valence-corrected chi connectivity index (χ0v) is 15.3. The van der Waals surface area contributed by atoms with Crippen molar-refractivity contribution in [3.63, 3.8) is 0 Å². The summed E-state index contributed by atoms with van der Waals surface area (Å²) in [6.07, 6.45) is 5.21. The third kappa shape index (κ3) is 3.04. The van der Waals surface area contributed by atoms with Gasteiger partial charge in [-0.1, -0.05) is 30.3 Å². The Bertz CT molecular complexity index is 754. The van der Waals surface area contributed by atoms with Crippen molar-refractivity contribution in [3.05, 3.63) is 47.7 Å². The summed E-state index contributed by atoms with van der Waals surface area (Å²) in [7, 11) is 3.08. The molecular weight excluding hydrogens is 330 g/mol. The van der Waals surface area contributed by atoms with Crippen molar-refractivity contribution in [3.8, 4) is 11.9 Å². The average Bonchev–Trinajstić information content (AvgIpc) is 2.92. The number of aliphatic hydroxyl groups is 1. The number of rotatable bonds is 5. The molecule has 6 nitrogen and oxygen atoms in total. The molecule has 26 heavy (non-hydrogen) atoms. The standard InChI is InChI=1S/C20H25N3O3/c1-25-18-17(12-21-19(22-18)26-2)20(24)10-15-8-9-16(11-20)23(15)13-14-6-4-3-5-7-14/h3-7,12,15-16,24H,8-11,13H2,1-2H3/t15-,16+,20?. The van der Waals surface area contributed by atoms with E-state index in [-0.39, 0.29) is 6.01 Å². The smallest absolute Gasteiger partial charge is 0.319 e. The topological polar surface area (TPSA) is 67.7 Å². The van der Waals surface area contributed by atoms with Gasteiger partial charge in [-0.3, -0.25) is 4.90 Å². The maximum Gasteiger partial charge on any atom is 0.319 e. The Kier molecular flexibility index (Phi) is 4.54. The summed E-state index contributed by atoms with van der Waals surface area (Å²) in [6, 6.07) is 11.5. The van der Waals surface area contributed by atoms with Crippen LogP contribution in [-0.2, 0) is 12.1 Å². The second-order valence-corrected chi connectivity index (χ2v) is 7.26. The zero-order chi connectivity index (χ0) is 18.1. The van der Waals surface area contributed by atoms with Gasteiger partial charge in [0.1, 0.15) is 0 Å². The minimum atomic E-state index is -0.962. The van der Waals surface area contributed by atoms with Gasteiger partial charge in [0.25, 0.3) is 0 Å². The molecule has 2 bridgehead atoms. The highest BCUT2D eigenvalue weighted by Gasteiger charge is 2.49. The second-order valence-electron chi connectivity index (χ2n) is 7.26. The molecule has 4 rings (SSSR count). The number of hydrogen-bond donors (Lipinski definition) is 1. The van der Waals surface area contributed by atoms with Gasteiger partial charge in [-0.25, -0.2) is 4.98 Å². The highest BCUT2D eigenvalue weighted by atomic mass is 16.5. The van der Waals surface area contributed by atoms with Crippen LogP contribution in [-0.4, -0.2) is 46.3 Å². The number of fused-ring (bicyclic) bond motifs is 2. The van der Waals surface area contributed by atoms with Crippen LogP contribution in [0.15, 0.2) is 36.5 Å². The van der Waals surface area contributed by atoms with E-state index >= 15 is 0 Å². The van der Waals surface area contributed by atoms with Crippen LogP contribution in [0.1, 0.15) is 36.8 Å². The van der Waals surface area contributed by atoms with Crippen LogP contribution < -0.4 is 9.47 Å². The fourth-order valence-electron chi connectivity index (χ4n) is 4.51. The molecule has 2 aromatic rings. The first-order valence-electron chi connectivity index (χ1n) is 9.10. The highest BCUT2D eigenvalue weighted by molar-refractivity contribution is 5.33. The van der Waals surface area contributed by atoms with Gasteiger partial charge in [-0.05, 0) is 31.2 Å². The minimum Gasteiger partial charge on any atom is -0.481 e. The summed E-state index contributed by atoms with van der Waals surface area (Å²) < 4.78 is 10.5. The summed E-state index contributed by atoms with van der Waals surface area (Å²) >= 11 is 0. The molecule has 0 radical (unpaired) electrons. The number of hydrogen-bond acceptors (Lipinski definition) is 6. The van der Waals surface area contributed by atoms with Gasteiger partial charge in [0.05, 0.1) is 25.4 Å². The van der Waals surface area contributed by atoms with Crippen molar-refractivity contribution in [2.24, 2.45) is 0 Å². The normalized spacial score (nSPS) is 28.1. The highest BCUT2D eigenvalue weighted by Crippen LogP contribution is 2.48. The van der Waals surface area contributed by atoms with Crippen molar-refractivity contribution < 1.29 is 14.6 Å². The third-order valence-corrected chi connectivity index (χ3v) is 5.73. The van der Waals surface area contributed by atoms with E-state index in [4.69, 9.17) is 9.47 Å². The number of benzene rings is 1. The van der Waals surface area contributed by atoms with Gasteiger partial charge < -0.3 is 14.6 Å². The van der Waals surface area contributed by atoms with Gasteiger partial charge in [0.2, 0.25) is 5.88 Å². The first-order valence-corrected chi connectivity index (χ1v) is 9.10. The molecule has 2 saturated heterocycles. The van der Waals surface area contributed by atoms with Crippen LogP contribution in [0.3, 0.4) is 0 Å². The van der Waals surface area contributed by atoms with Crippen molar-refractivity contribution in [1.82, 2.24) is 14.9 Å². The molecule has 3 atom stereocenters. The van der Waals surface area contributed by atoms with Crippen LogP contribution in [0.25, 0.3) is 0 Å². The van der Waals surface area contributed by atoms with E-state index in [9.17, 15) is 5.11 Å². The fraction of sp³-hybridized carbons (Fsp3) is 0.500. The first kappa shape index (κ1) is 17.2. The quantitative estimate of drug-likeness (QED) is 0.889. The third-order valence-electron chi connectivity index (χ3n) is 5.73. The van der Waals surface area contributed by atoms with Gasteiger partial charge in [0.15, 0.2) is 0 Å². The summed E-state index contributed by atoms with van der Waals surface area (Å²) in [5.74, 6) is 0.398. The molecule has 2 fully saturated rings. The van der Waals surface area contributed by atoms with Crippen LogP contribution >= 0.6 is 0 Å². The van der Waals surface area contributed by atoms with Crippen molar-refractivity contribution in [2.45, 2.75) is 49.9 Å². The monoisotopic (exact) mass is 355 g/mol. The molecule has 6 heteroatoms. The van der Waals surface area contributed by atoms with Crippen molar-refractivity contribution in [1.29, 1.82) is 0 Å². The molecule has 1 aromatic carbocycles. The van der Waals surface area contributed by atoms with E-state index in [0.29, 0.717) is 36.4 Å². The summed E-state index contributed by atoms with van der Waals surface area (Å²) in [4.78, 5) is 11.0. The molecular formula is C20H25N3O3. The molecule has 2 aliphatic heterocycles. The lowest BCUT2D eigenvalue weighted by Crippen LogP contribution is -2.49. The number of piperidine rings is 1. The van der Waals surface area contributed by atoms with Crippen LogP contribution in [0.5, 0.6) is 11.9 Å². The zero-order valence-electron chi connectivity index (χ0n) is 15.3. The SMILES string of the molecule is COc1ncc(C2(O)C[C@H]3CC[C@@H](C2)N3Cc2ccccc2)c(OC)n1. The van der Waals surface area contributed by atoms with Gasteiger partial charge in [-0.15, -0.1) is 0 Å². The van der Waals surface area contributed by atoms with E-state index in [1.165, 1.54) is 12.7 Å². The molecule has 3 heterocycles. The number of nitrogens with zero attached hydrogens (tertiary/aromatic N) is 3. The van der Waals surface area contributed by atoms with E-state index in [1.807, 2.05) is 6.07 Å². The van der Waals surface area contributed by atoms with Gasteiger partial charge >= 0.3 is 6.01 Å². The van der Waals surface area contributed by atoms with E-state index < -0.39 is 5.60 Å². The van der Waals surface area contributed by atoms with Crippen LogP contribution in [0, 0.1) is 0 Å². The second kappa shape index (κ2) is 6.85. The molecule has 0 amide bonds. The Balaban J connectivity index is 1.58. The summed E-state index contributed by atoms with van der Waals surface area (Å²) in [5, 5.41) is 11.5. The van der Waals surface area contributed by atoms with Crippen molar-refractivity contribution in [2.75, 3.05) is 14.2 Å². The summed E-state index contributed by atoms with van der Waals surface area (Å²) in [5.41, 5.74) is 1.02. The molecule has 2 aliphatic rings. The van der Waals surface area contributed by atoms with Gasteiger partial charge in [0, 0.05) is 24.8 Å². The Labute approximate surface area is 153 Å². The maximum absolute atomic E-state index is 11.5. The molecule has 0 aliphatic carbocycles. The first-order chi connectivity index (χ1) is 12.6. The lowest BCUT2D eigenvalue weighted by atomic mass is 9.81.